The predicted molar refractivity (Wildman–Crippen MR) is 88.3 cm³/mol. The van der Waals surface area contributed by atoms with Gasteiger partial charge in [-0.2, -0.15) is 0 Å². The zero-order valence-corrected chi connectivity index (χ0v) is 13.7. The molecule has 24 heavy (non-hydrogen) atoms. The fraction of sp³-hybridized carbons (Fsp3) is 0.188. The predicted octanol–water partition coefficient (Wildman–Crippen LogP) is 3.19. The third kappa shape index (κ3) is 3.80. The molecule has 0 aliphatic rings. The van der Waals surface area contributed by atoms with Crippen LogP contribution in [0.4, 0.5) is 10.3 Å². The van der Waals surface area contributed by atoms with Gasteiger partial charge in [-0.25, -0.2) is 9.07 Å². The number of nitrogens with one attached hydrogen (secondary N) is 1. The van der Waals surface area contributed by atoms with Gasteiger partial charge in [-0.3, -0.25) is 0 Å². The van der Waals surface area contributed by atoms with Gasteiger partial charge in [0, 0.05) is 29.7 Å². The van der Waals surface area contributed by atoms with Crippen LogP contribution in [0.2, 0.25) is 5.02 Å². The highest BCUT2D eigenvalue weighted by Gasteiger charge is 2.09. The zero-order valence-electron chi connectivity index (χ0n) is 12.9. The van der Waals surface area contributed by atoms with E-state index in [2.05, 4.69) is 20.8 Å². The van der Waals surface area contributed by atoms with Crippen LogP contribution < -0.4 is 10.1 Å². The van der Waals surface area contributed by atoms with Crippen molar-refractivity contribution < 1.29 is 9.13 Å². The van der Waals surface area contributed by atoms with E-state index in [9.17, 15) is 4.39 Å². The number of ether oxygens (including phenoxy) is 1. The molecule has 3 aromatic rings. The summed E-state index contributed by atoms with van der Waals surface area (Å²) in [5.41, 5.74) is 1.31. The van der Waals surface area contributed by atoms with Gasteiger partial charge in [0.15, 0.2) is 0 Å². The van der Waals surface area contributed by atoms with Gasteiger partial charge in [0.1, 0.15) is 18.2 Å². The summed E-state index contributed by atoms with van der Waals surface area (Å²) in [4.78, 5) is 0. The number of benzene rings is 2. The summed E-state index contributed by atoms with van der Waals surface area (Å²) < 4.78 is 21.0. The van der Waals surface area contributed by atoms with E-state index >= 15 is 0 Å². The maximum Gasteiger partial charge on any atom is 0.242 e. The fourth-order valence-corrected chi connectivity index (χ4v) is 2.35. The molecule has 1 aromatic heterocycles. The Labute approximate surface area is 143 Å². The topological polar surface area (TPSA) is 64.9 Å². The smallest absolute Gasteiger partial charge is 0.242 e. The lowest BCUT2D eigenvalue weighted by molar-refractivity contribution is 0.297. The van der Waals surface area contributed by atoms with E-state index in [-0.39, 0.29) is 12.4 Å². The van der Waals surface area contributed by atoms with Crippen molar-refractivity contribution >= 4 is 17.5 Å². The molecule has 0 saturated carbocycles. The quantitative estimate of drug-likeness (QED) is 0.741. The Kier molecular flexibility index (Phi) is 4.90. The molecule has 0 spiro atoms. The minimum atomic E-state index is -0.295. The van der Waals surface area contributed by atoms with Gasteiger partial charge in [0.05, 0.1) is 0 Å². The van der Waals surface area contributed by atoms with Gasteiger partial charge in [0.25, 0.3) is 0 Å². The van der Waals surface area contributed by atoms with E-state index in [1.807, 2.05) is 0 Å². The molecular weight excluding hydrogens is 333 g/mol. The highest BCUT2D eigenvalue weighted by molar-refractivity contribution is 6.30. The molecule has 0 aliphatic carbocycles. The largest absolute Gasteiger partial charge is 0.488 e. The highest BCUT2D eigenvalue weighted by Crippen LogP contribution is 2.25. The first-order chi connectivity index (χ1) is 11.6. The molecule has 0 unspecified atom stereocenters. The van der Waals surface area contributed by atoms with Gasteiger partial charge < -0.3 is 10.1 Å². The summed E-state index contributed by atoms with van der Waals surface area (Å²) in [6.07, 6.45) is 0. The maximum atomic E-state index is 13.7. The van der Waals surface area contributed by atoms with Crippen LogP contribution in [0, 0.1) is 5.82 Å². The van der Waals surface area contributed by atoms with Crippen LogP contribution in [0.25, 0.3) is 0 Å². The molecule has 0 fully saturated rings. The number of tetrazole rings is 1. The summed E-state index contributed by atoms with van der Waals surface area (Å²) in [6.45, 7) is 0.550. The number of halogens is 2. The lowest BCUT2D eigenvalue weighted by Crippen LogP contribution is -2.08. The van der Waals surface area contributed by atoms with E-state index < -0.39 is 0 Å². The highest BCUT2D eigenvalue weighted by atomic mass is 35.5. The zero-order chi connectivity index (χ0) is 16.9. The standard InChI is InChI=1S/C16H15ClFN5O/c1-23-16(20-21-22-23)19-9-12-8-13(17)6-7-15(12)24-10-11-4-2-3-5-14(11)18/h2-8H,9-10H2,1H3,(H,19,20,22). The number of hydrogen-bond acceptors (Lipinski definition) is 5. The van der Waals surface area contributed by atoms with E-state index in [0.717, 1.165) is 5.56 Å². The van der Waals surface area contributed by atoms with Crippen LogP contribution >= 0.6 is 11.6 Å². The molecule has 2 aromatic carbocycles. The molecule has 0 radical (unpaired) electrons. The van der Waals surface area contributed by atoms with Crippen molar-refractivity contribution in [3.05, 3.63) is 64.4 Å². The number of rotatable bonds is 6. The molecule has 124 valence electrons. The first kappa shape index (κ1) is 16.2. The second-order valence-corrected chi connectivity index (χ2v) is 5.55. The molecule has 0 saturated heterocycles. The summed E-state index contributed by atoms with van der Waals surface area (Å²) in [5.74, 6) is 0.844. The molecule has 0 bridgehead atoms. The van der Waals surface area contributed by atoms with E-state index in [1.165, 1.54) is 10.7 Å². The Morgan fingerprint density at radius 2 is 2.04 bits per heavy atom. The van der Waals surface area contributed by atoms with Crippen LogP contribution in [-0.4, -0.2) is 20.2 Å². The Morgan fingerprint density at radius 3 is 2.79 bits per heavy atom. The Hall–Kier alpha value is -2.67. The van der Waals surface area contributed by atoms with E-state index in [1.54, 1.807) is 43.4 Å². The molecule has 0 aliphatic heterocycles. The molecular formula is C16H15ClFN5O. The van der Waals surface area contributed by atoms with Crippen molar-refractivity contribution in [1.82, 2.24) is 20.2 Å². The van der Waals surface area contributed by atoms with Crippen LogP contribution in [-0.2, 0) is 20.2 Å². The lowest BCUT2D eigenvalue weighted by Gasteiger charge is -2.13. The van der Waals surface area contributed by atoms with Crippen molar-refractivity contribution in [2.45, 2.75) is 13.2 Å². The van der Waals surface area contributed by atoms with Gasteiger partial charge >= 0.3 is 0 Å². The monoisotopic (exact) mass is 347 g/mol. The van der Waals surface area contributed by atoms with Crippen LogP contribution in [0.3, 0.4) is 0 Å². The average Bonchev–Trinajstić information content (AvgIpc) is 2.98. The molecule has 1 heterocycles. The number of hydrogen-bond donors (Lipinski definition) is 1. The number of aromatic nitrogens is 4. The Morgan fingerprint density at radius 1 is 1.21 bits per heavy atom. The van der Waals surface area contributed by atoms with Crippen molar-refractivity contribution in [2.75, 3.05) is 5.32 Å². The van der Waals surface area contributed by atoms with E-state index in [4.69, 9.17) is 16.3 Å². The van der Waals surface area contributed by atoms with Gasteiger partial charge in [-0.05, 0) is 34.7 Å². The number of anilines is 1. The normalized spacial score (nSPS) is 10.6. The fourth-order valence-electron chi connectivity index (χ4n) is 2.15. The van der Waals surface area contributed by atoms with Crippen molar-refractivity contribution in [1.29, 1.82) is 0 Å². The number of aryl methyl sites for hydroxylation is 1. The first-order valence-electron chi connectivity index (χ1n) is 7.24. The molecule has 1 N–H and O–H groups in total. The summed E-state index contributed by atoms with van der Waals surface area (Å²) in [6, 6.07) is 11.8. The molecule has 6 nitrogen and oxygen atoms in total. The Bertz CT molecular complexity index is 839. The van der Waals surface area contributed by atoms with Gasteiger partial charge in [-0.15, -0.1) is 0 Å². The third-order valence-corrected chi connectivity index (χ3v) is 3.66. The van der Waals surface area contributed by atoms with Crippen molar-refractivity contribution in [3.63, 3.8) is 0 Å². The van der Waals surface area contributed by atoms with Crippen molar-refractivity contribution in [2.24, 2.45) is 7.05 Å². The molecule has 8 heteroatoms. The third-order valence-electron chi connectivity index (χ3n) is 3.42. The van der Waals surface area contributed by atoms with Crippen LogP contribution in [0.1, 0.15) is 11.1 Å². The summed E-state index contributed by atoms with van der Waals surface area (Å²) in [5, 5.41) is 14.9. The van der Waals surface area contributed by atoms with Crippen molar-refractivity contribution in [3.8, 4) is 5.75 Å². The number of nitrogens with zero attached hydrogens (tertiary/aromatic N) is 4. The summed E-state index contributed by atoms with van der Waals surface area (Å²) >= 11 is 6.06. The maximum absolute atomic E-state index is 13.7. The minimum absolute atomic E-state index is 0.132. The molecule has 3 rings (SSSR count). The van der Waals surface area contributed by atoms with Crippen LogP contribution in [0.5, 0.6) is 5.75 Å². The lowest BCUT2D eigenvalue weighted by atomic mass is 10.2. The van der Waals surface area contributed by atoms with Crippen LogP contribution in [0.15, 0.2) is 42.5 Å². The average molecular weight is 348 g/mol. The molecule has 0 atom stereocenters. The summed E-state index contributed by atoms with van der Waals surface area (Å²) in [7, 11) is 1.73. The molecule has 0 amide bonds. The second-order valence-electron chi connectivity index (χ2n) is 5.11. The first-order valence-corrected chi connectivity index (χ1v) is 7.62. The Balaban J connectivity index is 1.73. The van der Waals surface area contributed by atoms with Gasteiger partial charge in [0.2, 0.25) is 5.95 Å². The minimum Gasteiger partial charge on any atom is -0.488 e. The second kappa shape index (κ2) is 7.27. The van der Waals surface area contributed by atoms with Gasteiger partial charge in [-0.1, -0.05) is 34.9 Å². The van der Waals surface area contributed by atoms with E-state index in [0.29, 0.717) is 28.8 Å². The SMILES string of the molecule is Cn1nnnc1NCc1cc(Cl)ccc1OCc1ccccc1F.